The van der Waals surface area contributed by atoms with E-state index in [1.54, 1.807) is 7.05 Å². The van der Waals surface area contributed by atoms with Gasteiger partial charge in [-0.25, -0.2) is 0 Å². The highest BCUT2D eigenvalue weighted by Crippen LogP contribution is 2.31. The standard InChI is InChI=1S/C9H9NO2S/c1-4-6-7(5(2)13-4)9(12)10(3)8(6)11/h11-12H,1-2H2,3H3. The van der Waals surface area contributed by atoms with Crippen molar-refractivity contribution >= 4 is 35.3 Å². The molecule has 0 fully saturated rings. The van der Waals surface area contributed by atoms with E-state index < -0.39 is 0 Å². The molecule has 0 unspecified atom stereocenters. The highest BCUT2D eigenvalue weighted by Gasteiger charge is 2.15. The van der Waals surface area contributed by atoms with E-state index >= 15 is 0 Å². The first-order valence-electron chi connectivity index (χ1n) is 3.71. The molecule has 0 atom stereocenters. The van der Waals surface area contributed by atoms with Gasteiger partial charge in [-0.1, -0.05) is 13.2 Å². The number of hydrogen-bond donors (Lipinski definition) is 2. The van der Waals surface area contributed by atoms with Crippen LogP contribution < -0.4 is 9.06 Å². The van der Waals surface area contributed by atoms with Crippen LogP contribution in [0.1, 0.15) is 0 Å². The van der Waals surface area contributed by atoms with Crippen LogP contribution in [-0.2, 0) is 7.05 Å². The number of rotatable bonds is 0. The molecule has 0 saturated heterocycles. The second-order valence-electron chi connectivity index (χ2n) is 2.90. The Hall–Kier alpha value is -1.42. The third-order valence-electron chi connectivity index (χ3n) is 2.14. The minimum Gasteiger partial charge on any atom is -0.494 e. The summed E-state index contributed by atoms with van der Waals surface area (Å²) in [5, 5.41) is 20.4. The molecule has 0 spiro atoms. The Kier molecular flexibility index (Phi) is 1.44. The second-order valence-corrected chi connectivity index (χ2v) is 4.09. The number of hydrogen-bond acceptors (Lipinski definition) is 3. The van der Waals surface area contributed by atoms with Gasteiger partial charge in [0.05, 0.1) is 10.8 Å². The van der Waals surface area contributed by atoms with Crippen molar-refractivity contribution in [3.05, 3.63) is 9.06 Å². The highest BCUT2D eigenvalue weighted by molar-refractivity contribution is 7.09. The molecular formula is C9H9NO2S. The number of nitrogens with zero attached hydrogens (tertiary/aromatic N) is 1. The number of aromatic nitrogens is 1. The molecule has 2 aromatic heterocycles. The molecule has 0 bridgehead atoms. The highest BCUT2D eigenvalue weighted by atomic mass is 32.1. The molecular weight excluding hydrogens is 186 g/mol. The fourth-order valence-electron chi connectivity index (χ4n) is 1.44. The van der Waals surface area contributed by atoms with Crippen molar-refractivity contribution in [1.29, 1.82) is 0 Å². The average Bonchev–Trinajstić information content (AvgIpc) is 2.47. The van der Waals surface area contributed by atoms with Crippen molar-refractivity contribution in [1.82, 2.24) is 4.57 Å². The predicted octanol–water partition coefficient (Wildman–Crippen LogP) is 0.472. The zero-order chi connectivity index (χ0) is 9.75. The summed E-state index contributed by atoms with van der Waals surface area (Å²) in [4.78, 5) is 0. The number of fused-ring (bicyclic) bond motifs is 1. The Bertz CT molecular complexity index is 531. The van der Waals surface area contributed by atoms with Crippen molar-refractivity contribution < 1.29 is 10.2 Å². The lowest BCUT2D eigenvalue weighted by molar-refractivity contribution is 0.391. The van der Waals surface area contributed by atoms with Gasteiger partial charge in [-0.3, -0.25) is 4.57 Å². The van der Waals surface area contributed by atoms with Crippen LogP contribution >= 0.6 is 11.3 Å². The molecule has 2 rings (SSSR count). The summed E-state index contributed by atoms with van der Waals surface area (Å²) < 4.78 is 2.78. The number of aromatic hydroxyl groups is 2. The molecule has 2 aromatic rings. The van der Waals surface area contributed by atoms with E-state index in [0.29, 0.717) is 10.8 Å². The molecule has 0 aliphatic heterocycles. The van der Waals surface area contributed by atoms with Gasteiger partial charge >= 0.3 is 0 Å². The topological polar surface area (TPSA) is 45.4 Å². The molecule has 0 saturated carbocycles. The van der Waals surface area contributed by atoms with Crippen LogP contribution in [0, 0.1) is 0 Å². The molecule has 0 aromatic carbocycles. The fourth-order valence-corrected chi connectivity index (χ4v) is 2.33. The van der Waals surface area contributed by atoms with Crippen LogP contribution in [0.25, 0.3) is 23.9 Å². The Balaban J connectivity index is 3.24. The van der Waals surface area contributed by atoms with E-state index in [4.69, 9.17) is 0 Å². The van der Waals surface area contributed by atoms with Crippen LogP contribution in [0.5, 0.6) is 11.8 Å². The monoisotopic (exact) mass is 195 g/mol. The van der Waals surface area contributed by atoms with Gasteiger partial charge in [0.25, 0.3) is 0 Å². The maximum Gasteiger partial charge on any atom is 0.203 e. The van der Waals surface area contributed by atoms with Crippen molar-refractivity contribution in [3.8, 4) is 11.8 Å². The number of thiophene rings is 1. The van der Waals surface area contributed by atoms with E-state index in [2.05, 4.69) is 13.2 Å². The molecule has 68 valence electrons. The van der Waals surface area contributed by atoms with Gasteiger partial charge in [-0.05, 0) is 0 Å². The van der Waals surface area contributed by atoms with Gasteiger partial charge in [0.1, 0.15) is 0 Å². The minimum absolute atomic E-state index is 0.0450. The van der Waals surface area contributed by atoms with Gasteiger partial charge in [0, 0.05) is 16.1 Å². The Labute approximate surface area is 78.5 Å². The van der Waals surface area contributed by atoms with Gasteiger partial charge < -0.3 is 10.2 Å². The van der Waals surface area contributed by atoms with Crippen LogP contribution in [0.4, 0.5) is 0 Å². The summed E-state index contributed by atoms with van der Waals surface area (Å²) in [7, 11) is 1.59. The van der Waals surface area contributed by atoms with Crippen molar-refractivity contribution in [3.63, 3.8) is 0 Å². The summed E-state index contributed by atoms with van der Waals surface area (Å²) in [5.41, 5.74) is 0. The van der Waals surface area contributed by atoms with E-state index in [9.17, 15) is 10.2 Å². The van der Waals surface area contributed by atoms with Crippen molar-refractivity contribution in [2.45, 2.75) is 0 Å². The average molecular weight is 195 g/mol. The Morgan fingerprint density at radius 2 is 1.46 bits per heavy atom. The molecule has 0 aliphatic rings. The third kappa shape index (κ3) is 0.833. The van der Waals surface area contributed by atoms with Crippen molar-refractivity contribution in [2.24, 2.45) is 7.05 Å². The first kappa shape index (κ1) is 8.19. The smallest absolute Gasteiger partial charge is 0.203 e. The van der Waals surface area contributed by atoms with Crippen molar-refractivity contribution in [2.75, 3.05) is 0 Å². The molecule has 13 heavy (non-hydrogen) atoms. The first-order chi connectivity index (χ1) is 6.04. The van der Waals surface area contributed by atoms with E-state index in [1.165, 1.54) is 15.9 Å². The summed E-state index contributed by atoms with van der Waals surface area (Å²) in [6, 6.07) is 0. The molecule has 3 nitrogen and oxygen atoms in total. The summed E-state index contributed by atoms with van der Waals surface area (Å²) >= 11 is 1.37. The van der Waals surface area contributed by atoms with E-state index in [0.717, 1.165) is 9.06 Å². The minimum atomic E-state index is 0.0450. The SMILES string of the molecule is C=c1sc(=C)c2c(O)n(C)c(O)c12. The Morgan fingerprint density at radius 1 is 1.08 bits per heavy atom. The maximum atomic E-state index is 9.62. The zero-order valence-electron chi connectivity index (χ0n) is 7.16. The lowest BCUT2D eigenvalue weighted by atomic mass is 10.3. The molecule has 4 heteroatoms. The van der Waals surface area contributed by atoms with Crippen LogP contribution in [-0.4, -0.2) is 14.8 Å². The van der Waals surface area contributed by atoms with Crippen LogP contribution in [0.15, 0.2) is 0 Å². The molecule has 0 aliphatic carbocycles. The largest absolute Gasteiger partial charge is 0.494 e. The summed E-state index contributed by atoms with van der Waals surface area (Å²) in [5.74, 6) is 0.0901. The van der Waals surface area contributed by atoms with Gasteiger partial charge in [-0.2, -0.15) is 0 Å². The van der Waals surface area contributed by atoms with Crippen LogP contribution in [0.2, 0.25) is 0 Å². The van der Waals surface area contributed by atoms with Gasteiger partial charge in [0.15, 0.2) is 0 Å². The van der Waals surface area contributed by atoms with Gasteiger partial charge in [0.2, 0.25) is 11.8 Å². The Morgan fingerprint density at radius 3 is 1.85 bits per heavy atom. The van der Waals surface area contributed by atoms with E-state index in [-0.39, 0.29) is 11.8 Å². The molecule has 0 amide bonds. The fraction of sp³-hybridized carbons (Fsp3) is 0.111. The lowest BCUT2D eigenvalue weighted by Crippen LogP contribution is -1.92. The zero-order valence-corrected chi connectivity index (χ0v) is 7.98. The predicted molar refractivity (Wildman–Crippen MR) is 54.4 cm³/mol. The third-order valence-corrected chi connectivity index (χ3v) is 3.04. The summed E-state index contributed by atoms with van der Waals surface area (Å²) in [6.07, 6.45) is 0. The summed E-state index contributed by atoms with van der Waals surface area (Å²) in [6.45, 7) is 7.56. The molecule has 2 heterocycles. The first-order valence-corrected chi connectivity index (χ1v) is 4.52. The van der Waals surface area contributed by atoms with Gasteiger partial charge in [-0.15, -0.1) is 11.3 Å². The van der Waals surface area contributed by atoms with E-state index in [1.807, 2.05) is 0 Å². The van der Waals surface area contributed by atoms with Crippen LogP contribution in [0.3, 0.4) is 0 Å². The quantitative estimate of drug-likeness (QED) is 0.642. The molecule has 2 N–H and O–H groups in total. The normalized spacial score (nSPS) is 11.2. The lowest BCUT2D eigenvalue weighted by Gasteiger charge is -1.95. The maximum absolute atomic E-state index is 9.62. The molecule has 0 radical (unpaired) electrons. The second kappa shape index (κ2) is 2.29.